The molecule has 0 radical (unpaired) electrons. The number of benzene rings is 4. The highest BCUT2D eigenvalue weighted by molar-refractivity contribution is 7.99. The van der Waals surface area contributed by atoms with E-state index in [0.717, 1.165) is 27.3 Å². The fourth-order valence-corrected chi connectivity index (χ4v) is 4.96. The number of carbonyl (C=O) groups is 1. The van der Waals surface area contributed by atoms with Crippen molar-refractivity contribution >= 4 is 34.9 Å². The van der Waals surface area contributed by atoms with Gasteiger partial charge in [0, 0.05) is 0 Å². The van der Waals surface area contributed by atoms with E-state index in [2.05, 4.69) is 52.3 Å². The number of nitrogens with zero attached hydrogens (tertiary/aromatic N) is 3. The Morgan fingerprint density at radius 1 is 0.950 bits per heavy atom. The highest BCUT2D eigenvalue weighted by Gasteiger charge is 2.13. The second-order valence-electron chi connectivity index (χ2n) is 9.22. The number of aromatic nitrogens is 2. The molecule has 0 fully saturated rings. The van der Waals surface area contributed by atoms with Crippen LogP contribution in [-0.2, 0) is 17.9 Å². The maximum absolute atomic E-state index is 12.6. The van der Waals surface area contributed by atoms with Gasteiger partial charge in [-0.05, 0) is 53.9 Å². The molecule has 1 N–H and O–H groups in total. The van der Waals surface area contributed by atoms with Gasteiger partial charge in [0.15, 0.2) is 16.7 Å². The summed E-state index contributed by atoms with van der Waals surface area (Å²) in [6, 6.07) is 31.9. The minimum atomic E-state index is -0.218. The van der Waals surface area contributed by atoms with Crippen molar-refractivity contribution in [3.05, 3.63) is 119 Å². The van der Waals surface area contributed by atoms with Crippen LogP contribution in [0.3, 0.4) is 0 Å². The number of nitrogens with one attached hydrogen (secondary N) is 1. The van der Waals surface area contributed by atoms with Crippen LogP contribution in [0.15, 0.2) is 107 Å². The number of aryl methyl sites for hydroxylation is 1. The van der Waals surface area contributed by atoms with Gasteiger partial charge in [-0.1, -0.05) is 84.1 Å². The Hall–Kier alpha value is -4.56. The minimum absolute atomic E-state index is 0.183. The van der Waals surface area contributed by atoms with Crippen LogP contribution >= 0.6 is 11.8 Å². The van der Waals surface area contributed by atoms with Crippen LogP contribution in [0, 0.1) is 6.92 Å². The third kappa shape index (κ3) is 6.90. The van der Waals surface area contributed by atoms with Crippen LogP contribution in [0.2, 0.25) is 0 Å². The molecule has 0 aliphatic rings. The van der Waals surface area contributed by atoms with Gasteiger partial charge < -0.3 is 14.0 Å². The first-order valence-corrected chi connectivity index (χ1v) is 13.9. The van der Waals surface area contributed by atoms with E-state index in [4.69, 9.17) is 14.5 Å². The number of amides is 1. The summed E-state index contributed by atoms with van der Waals surface area (Å²) in [4.78, 5) is 17.4. The molecule has 7 nitrogen and oxygen atoms in total. The van der Waals surface area contributed by atoms with Gasteiger partial charge in [-0.3, -0.25) is 4.79 Å². The number of methoxy groups -OCH3 is 1. The Bertz CT molecular complexity index is 1620. The first kappa shape index (κ1) is 27.0. The number of fused-ring (bicyclic) bond motifs is 1. The fraction of sp³-hybridized carbons (Fsp3) is 0.156. The molecular formula is C32H30N4O3S. The van der Waals surface area contributed by atoms with E-state index in [9.17, 15) is 4.79 Å². The molecule has 1 heterocycles. The first-order valence-electron chi connectivity index (χ1n) is 12.9. The molecule has 5 rings (SSSR count). The lowest BCUT2D eigenvalue weighted by Crippen LogP contribution is -2.20. The highest BCUT2D eigenvalue weighted by Crippen LogP contribution is 2.28. The van der Waals surface area contributed by atoms with Crippen molar-refractivity contribution in [1.82, 2.24) is 15.0 Å². The van der Waals surface area contributed by atoms with Gasteiger partial charge in [-0.2, -0.15) is 5.10 Å². The Labute approximate surface area is 237 Å². The standard InChI is InChI=1S/C32H30N4O3S/c1-23-12-14-24(15-13-23)20-36-28-11-7-6-10-27(28)34-32(36)40-22-31(37)35-33-19-26-16-17-29(38-2)30(18-26)39-21-25-8-4-3-5-9-25/h3-19H,20-22H2,1-2H3,(H,35,37)/b33-19-. The summed E-state index contributed by atoms with van der Waals surface area (Å²) in [6.45, 7) is 3.17. The predicted octanol–water partition coefficient (Wildman–Crippen LogP) is 6.22. The number of imidazole rings is 1. The van der Waals surface area contributed by atoms with Gasteiger partial charge in [-0.15, -0.1) is 0 Å². The topological polar surface area (TPSA) is 77.7 Å². The third-order valence-corrected chi connectivity index (χ3v) is 7.22. The lowest BCUT2D eigenvalue weighted by atomic mass is 10.1. The van der Waals surface area contributed by atoms with Crippen LogP contribution in [0.1, 0.15) is 22.3 Å². The van der Waals surface area contributed by atoms with E-state index in [1.54, 1.807) is 13.3 Å². The summed E-state index contributed by atoms with van der Waals surface area (Å²) in [5.41, 5.74) is 8.78. The zero-order valence-corrected chi connectivity index (χ0v) is 23.2. The van der Waals surface area contributed by atoms with Crippen molar-refractivity contribution in [2.24, 2.45) is 5.10 Å². The van der Waals surface area contributed by atoms with E-state index in [0.29, 0.717) is 24.7 Å². The summed E-state index contributed by atoms with van der Waals surface area (Å²) >= 11 is 1.39. The molecule has 0 saturated carbocycles. The van der Waals surface area contributed by atoms with E-state index in [1.165, 1.54) is 22.9 Å². The van der Waals surface area contributed by atoms with Gasteiger partial charge >= 0.3 is 0 Å². The third-order valence-electron chi connectivity index (χ3n) is 6.24. The molecule has 0 aliphatic carbocycles. The normalized spacial score (nSPS) is 11.2. The highest BCUT2D eigenvalue weighted by atomic mass is 32.2. The first-order chi connectivity index (χ1) is 19.6. The Morgan fingerprint density at radius 2 is 1.73 bits per heavy atom. The molecule has 0 spiro atoms. The van der Waals surface area contributed by atoms with Gasteiger partial charge in [0.25, 0.3) is 5.91 Å². The molecule has 1 aromatic heterocycles. The average Bonchev–Trinajstić information content (AvgIpc) is 3.34. The molecule has 202 valence electrons. The van der Waals surface area contributed by atoms with Crippen molar-refractivity contribution in [3.63, 3.8) is 0 Å². The molecule has 4 aromatic carbocycles. The van der Waals surface area contributed by atoms with Crippen LogP contribution in [0.4, 0.5) is 0 Å². The van der Waals surface area contributed by atoms with Gasteiger partial charge in [0.2, 0.25) is 0 Å². The SMILES string of the molecule is COc1ccc(/C=N\NC(=O)CSc2nc3ccccc3n2Cc2ccc(C)cc2)cc1OCc1ccccc1. The van der Waals surface area contributed by atoms with Gasteiger partial charge in [-0.25, -0.2) is 10.4 Å². The van der Waals surface area contributed by atoms with Crippen LogP contribution in [0.25, 0.3) is 11.0 Å². The number of rotatable bonds is 11. The fourth-order valence-electron chi connectivity index (χ4n) is 4.16. The van der Waals surface area contributed by atoms with Crippen molar-refractivity contribution < 1.29 is 14.3 Å². The van der Waals surface area contributed by atoms with Crippen LogP contribution < -0.4 is 14.9 Å². The van der Waals surface area contributed by atoms with Crippen molar-refractivity contribution in [2.45, 2.75) is 25.2 Å². The number of carbonyl (C=O) groups excluding carboxylic acids is 1. The summed E-state index contributed by atoms with van der Waals surface area (Å²) in [5, 5.41) is 4.94. The van der Waals surface area contributed by atoms with Gasteiger partial charge in [0.05, 0.1) is 36.7 Å². The van der Waals surface area contributed by atoms with Crippen LogP contribution in [0.5, 0.6) is 11.5 Å². The number of hydrazone groups is 1. The Balaban J connectivity index is 1.21. The molecular weight excluding hydrogens is 520 g/mol. The largest absolute Gasteiger partial charge is 0.493 e. The van der Waals surface area contributed by atoms with E-state index < -0.39 is 0 Å². The van der Waals surface area contributed by atoms with Crippen molar-refractivity contribution in [1.29, 1.82) is 0 Å². The lowest BCUT2D eigenvalue weighted by Gasteiger charge is -2.11. The molecule has 1 amide bonds. The molecule has 0 bridgehead atoms. The molecule has 40 heavy (non-hydrogen) atoms. The van der Waals surface area contributed by atoms with E-state index in [-0.39, 0.29) is 11.7 Å². The number of ether oxygens (including phenoxy) is 2. The van der Waals surface area contributed by atoms with Crippen LogP contribution in [-0.4, -0.2) is 34.5 Å². The zero-order valence-electron chi connectivity index (χ0n) is 22.4. The summed E-state index contributed by atoms with van der Waals surface area (Å²) < 4.78 is 13.5. The second kappa shape index (κ2) is 13.0. The number of para-hydroxylation sites is 2. The number of hydrogen-bond acceptors (Lipinski definition) is 6. The number of hydrogen-bond donors (Lipinski definition) is 1. The lowest BCUT2D eigenvalue weighted by molar-refractivity contribution is -0.118. The maximum atomic E-state index is 12.6. The van der Waals surface area contributed by atoms with Gasteiger partial charge in [0.1, 0.15) is 6.61 Å². The second-order valence-corrected chi connectivity index (χ2v) is 10.2. The smallest absolute Gasteiger partial charge is 0.250 e. The zero-order chi connectivity index (χ0) is 27.7. The maximum Gasteiger partial charge on any atom is 0.250 e. The summed E-state index contributed by atoms with van der Waals surface area (Å²) in [7, 11) is 1.60. The number of thioether (sulfide) groups is 1. The molecule has 5 aromatic rings. The molecule has 0 saturated heterocycles. The summed E-state index contributed by atoms with van der Waals surface area (Å²) in [6.07, 6.45) is 1.59. The van der Waals surface area contributed by atoms with E-state index >= 15 is 0 Å². The molecule has 0 aliphatic heterocycles. The monoisotopic (exact) mass is 550 g/mol. The average molecular weight is 551 g/mol. The molecule has 0 atom stereocenters. The Kier molecular flexibility index (Phi) is 8.78. The van der Waals surface area contributed by atoms with Crippen molar-refractivity contribution in [2.75, 3.05) is 12.9 Å². The predicted molar refractivity (Wildman–Crippen MR) is 160 cm³/mol. The van der Waals surface area contributed by atoms with E-state index in [1.807, 2.05) is 66.7 Å². The molecule has 0 unspecified atom stereocenters. The summed E-state index contributed by atoms with van der Waals surface area (Å²) in [5.74, 6) is 1.19. The molecule has 8 heteroatoms. The van der Waals surface area contributed by atoms with Crippen molar-refractivity contribution in [3.8, 4) is 11.5 Å². The Morgan fingerprint density at radius 3 is 2.52 bits per heavy atom. The minimum Gasteiger partial charge on any atom is -0.493 e. The quantitative estimate of drug-likeness (QED) is 0.120.